The zero-order valence-corrected chi connectivity index (χ0v) is 26.9. The van der Waals surface area contributed by atoms with E-state index in [0.29, 0.717) is 40.2 Å². The number of aryl methyl sites for hydroxylation is 1. The van der Waals surface area contributed by atoms with Crippen molar-refractivity contribution in [3.63, 3.8) is 0 Å². The summed E-state index contributed by atoms with van der Waals surface area (Å²) in [7, 11) is 0. The first-order chi connectivity index (χ1) is 17.1. The molecule has 1 rings (SSSR count). The average Bonchev–Trinajstić information content (AvgIpc) is 2.76. The predicted molar refractivity (Wildman–Crippen MR) is 160 cm³/mol. The van der Waals surface area contributed by atoms with Crippen LogP contribution in [0.4, 0.5) is 0 Å². The van der Waals surface area contributed by atoms with Gasteiger partial charge >= 0.3 is 5.97 Å². The lowest BCUT2D eigenvalue weighted by Crippen LogP contribution is -2.47. The summed E-state index contributed by atoms with van der Waals surface area (Å²) in [5.74, 6) is 0.119. The zero-order valence-electron chi connectivity index (χ0n) is 26.9. The molecule has 0 fully saturated rings. The summed E-state index contributed by atoms with van der Waals surface area (Å²) in [6, 6.07) is 4.27. The number of nitrogens with zero attached hydrogens (tertiary/aromatic N) is 1. The van der Waals surface area contributed by atoms with Crippen molar-refractivity contribution < 1.29 is 19.5 Å². The number of amides is 2. The Morgan fingerprint density at radius 3 is 1.84 bits per heavy atom. The van der Waals surface area contributed by atoms with Crippen LogP contribution in [-0.2, 0) is 4.79 Å². The van der Waals surface area contributed by atoms with Crippen molar-refractivity contribution in [2.45, 2.75) is 128 Å². The number of carboxylic acid groups (broad SMARTS) is 1. The fraction of sp³-hybridized carbons (Fsp3) is 0.727. The van der Waals surface area contributed by atoms with Crippen LogP contribution in [0.5, 0.6) is 0 Å². The van der Waals surface area contributed by atoms with Crippen LogP contribution < -0.4 is 0 Å². The molecule has 5 heteroatoms. The van der Waals surface area contributed by atoms with Gasteiger partial charge in [0, 0.05) is 11.1 Å². The van der Waals surface area contributed by atoms with Crippen LogP contribution in [0.3, 0.4) is 0 Å². The van der Waals surface area contributed by atoms with Gasteiger partial charge in [-0.15, -0.1) is 0 Å². The van der Waals surface area contributed by atoms with E-state index in [-0.39, 0.29) is 5.56 Å². The van der Waals surface area contributed by atoms with Gasteiger partial charge in [-0.05, 0) is 85.5 Å². The molecule has 0 saturated heterocycles. The third-order valence-corrected chi connectivity index (χ3v) is 9.36. The van der Waals surface area contributed by atoms with Crippen molar-refractivity contribution >= 4 is 18.3 Å². The van der Waals surface area contributed by atoms with Crippen molar-refractivity contribution in [2.75, 3.05) is 0 Å². The predicted octanol–water partition coefficient (Wildman–Crippen LogP) is 9.03. The molecule has 5 nitrogen and oxygen atoms in total. The number of hydrogen-bond acceptors (Lipinski definition) is 3. The van der Waals surface area contributed by atoms with Crippen molar-refractivity contribution in [2.24, 2.45) is 28.1 Å². The molecule has 218 valence electrons. The van der Waals surface area contributed by atoms with Gasteiger partial charge in [0.2, 0.25) is 6.41 Å². The van der Waals surface area contributed by atoms with Gasteiger partial charge < -0.3 is 5.11 Å². The van der Waals surface area contributed by atoms with Gasteiger partial charge in [0.25, 0.3) is 5.91 Å². The van der Waals surface area contributed by atoms with Gasteiger partial charge in [-0.2, -0.15) is 0 Å². The lowest BCUT2D eigenvalue weighted by Gasteiger charge is -2.46. The molecular formula is C33H57NO4. The Bertz CT molecular complexity index is 935. The third-order valence-electron chi connectivity index (χ3n) is 9.36. The van der Waals surface area contributed by atoms with Gasteiger partial charge in [-0.1, -0.05) is 89.0 Å². The minimum Gasteiger partial charge on any atom is -0.478 e. The summed E-state index contributed by atoms with van der Waals surface area (Å²) in [4.78, 5) is 36.0. The molecule has 1 N–H and O–H groups in total. The van der Waals surface area contributed by atoms with Gasteiger partial charge in [-0.3, -0.25) is 14.5 Å². The Hall–Kier alpha value is -2.17. The summed E-state index contributed by atoms with van der Waals surface area (Å²) in [6.07, 6.45) is 4.72. The van der Waals surface area contributed by atoms with Crippen LogP contribution >= 0.6 is 0 Å². The quantitative estimate of drug-likeness (QED) is 0.289. The molecule has 38 heavy (non-hydrogen) atoms. The minimum absolute atomic E-state index is 0.120. The first-order valence-corrected chi connectivity index (χ1v) is 14.2. The number of rotatable bonds is 11. The average molecular weight is 532 g/mol. The summed E-state index contributed by atoms with van der Waals surface area (Å²) >= 11 is 0. The molecule has 0 aromatic heterocycles. The van der Waals surface area contributed by atoms with Crippen molar-refractivity contribution in [3.8, 4) is 0 Å². The molecule has 1 atom stereocenters. The zero-order chi connectivity index (χ0) is 30.3. The second-order valence-electron chi connectivity index (χ2n) is 14.1. The second-order valence-corrected chi connectivity index (χ2v) is 14.1. The Morgan fingerprint density at radius 2 is 1.50 bits per heavy atom. The lowest BCUT2D eigenvalue weighted by molar-refractivity contribution is -0.119. The third kappa shape index (κ3) is 9.24. The van der Waals surface area contributed by atoms with Crippen LogP contribution in [0.25, 0.3) is 0 Å². The highest BCUT2D eigenvalue weighted by Gasteiger charge is 2.40. The molecule has 0 aliphatic rings. The van der Waals surface area contributed by atoms with Gasteiger partial charge in [0.05, 0.1) is 5.56 Å². The number of benzene rings is 1. The fourth-order valence-electron chi connectivity index (χ4n) is 4.69. The van der Waals surface area contributed by atoms with Crippen LogP contribution in [0.2, 0.25) is 0 Å². The van der Waals surface area contributed by atoms with Crippen molar-refractivity contribution in [3.05, 3.63) is 34.9 Å². The molecule has 2 amide bonds. The molecule has 0 aliphatic carbocycles. The highest BCUT2D eigenvalue weighted by atomic mass is 16.4. The Kier molecular flexibility index (Phi) is 13.0. The maximum absolute atomic E-state index is 12.5. The first-order valence-electron chi connectivity index (χ1n) is 14.2. The normalized spacial score (nSPS) is 13.4. The van der Waals surface area contributed by atoms with E-state index in [1.165, 1.54) is 35.9 Å². The Balaban J connectivity index is 0.000000739. The maximum atomic E-state index is 12.5. The topological polar surface area (TPSA) is 74.7 Å². The van der Waals surface area contributed by atoms with E-state index in [9.17, 15) is 14.4 Å². The number of aromatic carboxylic acids is 1. The molecule has 0 saturated carbocycles. The Morgan fingerprint density at radius 1 is 0.974 bits per heavy atom. The van der Waals surface area contributed by atoms with E-state index in [4.69, 9.17) is 5.11 Å². The summed E-state index contributed by atoms with van der Waals surface area (Å²) in [5, 5.41) is 8.94. The largest absolute Gasteiger partial charge is 0.478 e. The molecule has 1 unspecified atom stereocenters. The van der Waals surface area contributed by atoms with E-state index < -0.39 is 17.4 Å². The van der Waals surface area contributed by atoms with Crippen molar-refractivity contribution in [1.29, 1.82) is 0 Å². The van der Waals surface area contributed by atoms with Crippen LogP contribution in [0.15, 0.2) is 18.2 Å². The number of carbonyl (C=O) groups is 3. The second kappa shape index (κ2) is 13.8. The number of hydrogen-bond donors (Lipinski definition) is 1. The monoisotopic (exact) mass is 531 g/mol. The smallest absolute Gasteiger partial charge is 0.335 e. The first kappa shape index (κ1) is 35.8. The van der Waals surface area contributed by atoms with E-state index in [1.807, 2.05) is 20.8 Å². The van der Waals surface area contributed by atoms with Crippen LogP contribution in [0.1, 0.15) is 142 Å². The molecule has 0 radical (unpaired) electrons. The fourth-order valence-corrected chi connectivity index (χ4v) is 4.69. The lowest BCUT2D eigenvalue weighted by atomic mass is 9.59. The standard InChI is InChI=1S/C17H36.C16H21NO4/c1-11-14(17(9,10)13(2)3)12-16(7,8)15(4,5)6;1-5-8-16(3,4)17(10-18)14(19)13-7-6-12(15(20)21)9-11(13)2/h13-14H,11-12H2,1-10H3;6-7,9-10H,5,8H2,1-4H3,(H,20,21). The summed E-state index contributed by atoms with van der Waals surface area (Å²) in [5.41, 5.74) is 1.65. The van der Waals surface area contributed by atoms with Crippen molar-refractivity contribution in [1.82, 2.24) is 4.90 Å². The maximum Gasteiger partial charge on any atom is 0.335 e. The molecule has 0 aliphatic heterocycles. The minimum atomic E-state index is -1.05. The molecule has 0 heterocycles. The number of carboxylic acids is 1. The van der Waals surface area contributed by atoms with Crippen LogP contribution in [-0.4, -0.2) is 33.8 Å². The van der Waals surface area contributed by atoms with E-state index in [2.05, 4.69) is 69.2 Å². The highest BCUT2D eigenvalue weighted by molar-refractivity contribution is 6.02. The van der Waals surface area contributed by atoms with E-state index in [1.54, 1.807) is 6.92 Å². The number of carbonyl (C=O) groups excluding carboxylic acids is 2. The van der Waals surface area contributed by atoms with E-state index >= 15 is 0 Å². The molecular weight excluding hydrogens is 474 g/mol. The molecule has 0 bridgehead atoms. The van der Waals surface area contributed by atoms with Gasteiger partial charge in [0.15, 0.2) is 0 Å². The molecule has 1 aromatic carbocycles. The summed E-state index contributed by atoms with van der Waals surface area (Å²) in [6.45, 7) is 31.3. The highest BCUT2D eigenvalue weighted by Crippen LogP contribution is 2.49. The molecule has 1 aromatic rings. The van der Waals surface area contributed by atoms with Gasteiger partial charge in [-0.25, -0.2) is 4.79 Å². The SMILES string of the molecule is CCC(CC(C)(C)C(C)(C)C)C(C)(C)C(C)C.CCCC(C)(C)N(C=O)C(=O)c1ccc(C(=O)O)cc1C. The van der Waals surface area contributed by atoms with Gasteiger partial charge in [0.1, 0.15) is 0 Å². The Labute approximate surface area is 233 Å². The van der Waals surface area contributed by atoms with Crippen LogP contribution in [0, 0.1) is 35.0 Å². The number of imide groups is 1. The summed E-state index contributed by atoms with van der Waals surface area (Å²) < 4.78 is 0. The molecule has 0 spiro atoms. The van der Waals surface area contributed by atoms with E-state index in [0.717, 1.165) is 18.3 Å².